The summed E-state index contributed by atoms with van der Waals surface area (Å²) in [6.45, 7) is 8.16. The molecule has 0 aliphatic rings. The van der Waals surface area contributed by atoms with E-state index in [1.165, 1.54) is 12.1 Å². The molecule has 18 nitrogen and oxygen atoms in total. The number of unbranched alkanes of at least 4 members (excludes halogenated alkanes) is 6. The summed E-state index contributed by atoms with van der Waals surface area (Å²) in [7, 11) is 0. The third-order valence-electron chi connectivity index (χ3n) is 16.1. The Balaban J connectivity index is 1.79. The largest absolute Gasteiger partial charge is 0.508 e. The summed E-state index contributed by atoms with van der Waals surface area (Å²) >= 11 is 0. The first-order chi connectivity index (χ1) is 42.1. The number of rotatable bonds is 44. The van der Waals surface area contributed by atoms with Gasteiger partial charge in [-0.05, 0) is 118 Å². The highest BCUT2D eigenvalue weighted by Crippen LogP contribution is 2.26. The summed E-state index contributed by atoms with van der Waals surface area (Å²) in [4.78, 5) is 106. The standard InChI is InChI=1S/C69H103N9O9/c1-5-9-32-53(33-10-6-2)63(81)57(36-22-24-42-70)73-68(86)62(47-51-30-20-15-21-31-51)78(54(34-11-7-3)35-12-8-4)69(87)58(37-23-25-43-71)74-65(83)60(46-52-38-40-55(80)41-39-52)76-67(85)61(48-79)77-66(84)59(45-50-28-18-14-19-29-50)75-64(82)56(72)44-49-26-16-13-17-27-49/h13-21,26-31,38-41,53-54,56-62,79-80H,5-12,22-25,32-37,42-48,70-72H2,1-4H3,(H,73,86)(H,74,83)(H,75,82)(H,76,85)(H,77,84)/t56-,57+,58-,59-,60+,61+,62+/m1/s1. The highest BCUT2D eigenvalue weighted by molar-refractivity contribution is 5.98. The Hall–Kier alpha value is -6.99. The molecule has 87 heavy (non-hydrogen) atoms. The Morgan fingerprint density at radius 2 is 0.816 bits per heavy atom. The molecule has 0 aliphatic carbocycles. The fourth-order valence-electron chi connectivity index (χ4n) is 11.0. The van der Waals surface area contributed by atoms with Gasteiger partial charge in [-0.25, -0.2) is 0 Å². The number of amides is 6. The van der Waals surface area contributed by atoms with E-state index in [2.05, 4.69) is 54.3 Å². The summed E-state index contributed by atoms with van der Waals surface area (Å²) in [6, 6.07) is 24.6. The Labute approximate surface area is 517 Å². The second-order valence-corrected chi connectivity index (χ2v) is 23.2. The number of nitrogens with two attached hydrogens (primary N) is 3. The number of hydrogen-bond donors (Lipinski definition) is 10. The number of aliphatic hydroxyl groups excluding tert-OH is 1. The van der Waals surface area contributed by atoms with E-state index in [1.54, 1.807) is 41.3 Å². The summed E-state index contributed by atoms with van der Waals surface area (Å²) < 4.78 is 0. The number of benzene rings is 4. The lowest BCUT2D eigenvalue weighted by atomic mass is 9.86. The molecule has 478 valence electrons. The van der Waals surface area contributed by atoms with Crippen molar-refractivity contribution in [3.05, 3.63) is 138 Å². The molecule has 0 saturated heterocycles. The van der Waals surface area contributed by atoms with Crippen molar-refractivity contribution in [2.75, 3.05) is 19.7 Å². The Morgan fingerprint density at radius 1 is 0.425 bits per heavy atom. The van der Waals surface area contributed by atoms with Gasteiger partial charge >= 0.3 is 0 Å². The van der Waals surface area contributed by atoms with Crippen LogP contribution in [0.1, 0.15) is 166 Å². The molecule has 0 aromatic heterocycles. The van der Waals surface area contributed by atoms with Crippen LogP contribution < -0.4 is 43.8 Å². The number of aromatic hydroxyl groups is 1. The average molecular weight is 1200 g/mol. The molecule has 7 atom stereocenters. The van der Waals surface area contributed by atoms with Crippen molar-refractivity contribution in [1.82, 2.24) is 31.5 Å². The first-order valence-corrected chi connectivity index (χ1v) is 32.1. The van der Waals surface area contributed by atoms with Crippen LogP contribution in [0.5, 0.6) is 5.75 Å². The zero-order valence-electron chi connectivity index (χ0n) is 52.3. The maximum atomic E-state index is 16.2. The lowest BCUT2D eigenvalue weighted by Gasteiger charge is -2.41. The molecular weight excluding hydrogens is 1100 g/mol. The number of aliphatic hydroxyl groups is 1. The van der Waals surface area contributed by atoms with Gasteiger partial charge < -0.3 is 58.9 Å². The van der Waals surface area contributed by atoms with Crippen LogP contribution in [-0.2, 0) is 59.2 Å². The highest BCUT2D eigenvalue weighted by Gasteiger charge is 2.41. The number of phenols is 1. The molecule has 0 fully saturated rings. The van der Waals surface area contributed by atoms with E-state index in [0.29, 0.717) is 82.0 Å². The first-order valence-electron chi connectivity index (χ1n) is 32.1. The van der Waals surface area contributed by atoms with Crippen molar-refractivity contribution >= 4 is 41.2 Å². The third kappa shape index (κ3) is 25.7. The fraction of sp³-hybridized carbons (Fsp3) is 0.551. The van der Waals surface area contributed by atoms with Gasteiger partial charge in [0.1, 0.15) is 36.0 Å². The molecule has 0 bridgehead atoms. The van der Waals surface area contributed by atoms with Crippen LogP contribution in [0.4, 0.5) is 0 Å². The quantitative estimate of drug-likeness (QED) is 0.0197. The Kier molecular flexibility index (Phi) is 34.3. The molecule has 4 rings (SSSR count). The highest BCUT2D eigenvalue weighted by atomic mass is 16.3. The molecule has 0 saturated carbocycles. The maximum Gasteiger partial charge on any atom is 0.246 e. The monoisotopic (exact) mass is 1200 g/mol. The lowest BCUT2D eigenvalue weighted by molar-refractivity contribution is -0.147. The lowest BCUT2D eigenvalue weighted by Crippen LogP contribution is -2.63. The molecule has 0 heterocycles. The summed E-state index contributed by atoms with van der Waals surface area (Å²) in [5.74, 6) is -4.40. The minimum absolute atomic E-state index is 0.0103. The SMILES string of the molecule is CCCCC(CCCC)C(=O)[C@H](CCCCN)NC(=O)[C@H](Cc1ccccc1)N(C(=O)[C@@H](CCCCN)NC(=O)[C@H](Cc1ccc(O)cc1)NC(=O)[C@H](CO)NC(=O)[C@@H](Cc1ccccc1)NC(=O)[C@H](N)Cc1ccccc1)C(CCCC)CCCC. The van der Waals surface area contributed by atoms with E-state index in [-0.39, 0.29) is 49.6 Å². The number of ketones is 1. The predicted molar refractivity (Wildman–Crippen MR) is 344 cm³/mol. The Bertz CT molecular complexity index is 2620. The van der Waals surface area contributed by atoms with Gasteiger partial charge in [0.15, 0.2) is 5.78 Å². The smallest absolute Gasteiger partial charge is 0.246 e. The molecule has 18 heteroatoms. The second-order valence-electron chi connectivity index (χ2n) is 23.2. The van der Waals surface area contributed by atoms with E-state index >= 15 is 14.4 Å². The van der Waals surface area contributed by atoms with Crippen LogP contribution in [0, 0.1) is 5.92 Å². The minimum atomic E-state index is -1.63. The van der Waals surface area contributed by atoms with E-state index in [1.807, 2.05) is 66.7 Å². The van der Waals surface area contributed by atoms with Crippen LogP contribution in [0.25, 0.3) is 0 Å². The zero-order valence-corrected chi connectivity index (χ0v) is 52.3. The summed E-state index contributed by atoms with van der Waals surface area (Å²) in [5.41, 5.74) is 21.2. The van der Waals surface area contributed by atoms with Crippen molar-refractivity contribution in [2.24, 2.45) is 23.1 Å². The summed E-state index contributed by atoms with van der Waals surface area (Å²) in [6.07, 6.45) is 12.1. The van der Waals surface area contributed by atoms with Gasteiger partial charge in [-0.15, -0.1) is 0 Å². The number of phenolic OH excluding ortho intramolecular Hbond substituents is 1. The number of hydrogen-bond acceptors (Lipinski definition) is 12. The van der Waals surface area contributed by atoms with Gasteiger partial charge in [-0.3, -0.25) is 33.6 Å². The fourth-order valence-corrected chi connectivity index (χ4v) is 11.0. The molecule has 4 aromatic rings. The van der Waals surface area contributed by atoms with E-state index in [0.717, 1.165) is 62.5 Å². The van der Waals surface area contributed by atoms with Crippen molar-refractivity contribution < 1.29 is 43.8 Å². The molecular formula is C69H103N9O9. The van der Waals surface area contributed by atoms with Crippen LogP contribution in [0.2, 0.25) is 0 Å². The molecule has 0 unspecified atom stereocenters. The number of carbonyl (C=O) groups excluding carboxylic acids is 7. The third-order valence-corrected chi connectivity index (χ3v) is 16.1. The number of Topliss-reactive ketones (excluding diaryl/α,β-unsaturated/α-hetero) is 1. The van der Waals surface area contributed by atoms with Gasteiger partial charge in [0.05, 0.1) is 18.7 Å². The normalized spacial score (nSPS) is 13.8. The topological polar surface area (TPSA) is 301 Å². The van der Waals surface area contributed by atoms with E-state index < -0.39 is 90.4 Å². The van der Waals surface area contributed by atoms with Crippen molar-refractivity contribution in [1.29, 1.82) is 0 Å². The summed E-state index contributed by atoms with van der Waals surface area (Å²) in [5, 5.41) is 35.4. The van der Waals surface area contributed by atoms with E-state index in [4.69, 9.17) is 17.2 Å². The van der Waals surface area contributed by atoms with Gasteiger partial charge in [0.25, 0.3) is 0 Å². The number of nitrogens with one attached hydrogen (secondary N) is 5. The van der Waals surface area contributed by atoms with Gasteiger partial charge in [-0.2, -0.15) is 0 Å². The van der Waals surface area contributed by atoms with Crippen molar-refractivity contribution in [3.8, 4) is 5.75 Å². The van der Waals surface area contributed by atoms with Crippen LogP contribution in [0.15, 0.2) is 115 Å². The van der Waals surface area contributed by atoms with Gasteiger partial charge in [0.2, 0.25) is 35.4 Å². The first kappa shape index (κ1) is 72.5. The van der Waals surface area contributed by atoms with Gasteiger partial charge in [0, 0.05) is 31.2 Å². The zero-order chi connectivity index (χ0) is 63.3. The van der Waals surface area contributed by atoms with Crippen LogP contribution in [0.3, 0.4) is 0 Å². The minimum Gasteiger partial charge on any atom is -0.508 e. The second kappa shape index (κ2) is 41.2. The molecule has 0 radical (unpaired) electrons. The number of nitrogens with zero attached hydrogens (tertiary/aromatic N) is 1. The maximum absolute atomic E-state index is 16.2. The van der Waals surface area contributed by atoms with Crippen molar-refractivity contribution in [3.63, 3.8) is 0 Å². The molecule has 4 aromatic carbocycles. The van der Waals surface area contributed by atoms with E-state index in [9.17, 15) is 29.4 Å². The average Bonchev–Trinajstić information content (AvgIpc) is 1.57. The Morgan fingerprint density at radius 3 is 1.29 bits per heavy atom. The predicted octanol–water partition coefficient (Wildman–Crippen LogP) is 7.18. The molecule has 13 N–H and O–H groups in total. The van der Waals surface area contributed by atoms with Crippen molar-refractivity contribution in [2.45, 2.75) is 217 Å². The van der Waals surface area contributed by atoms with Gasteiger partial charge in [-0.1, -0.05) is 182 Å². The molecule has 6 amide bonds. The molecule has 0 aliphatic heterocycles. The number of carbonyl (C=O) groups is 7. The van der Waals surface area contributed by atoms with Crippen LogP contribution >= 0.6 is 0 Å². The van der Waals surface area contributed by atoms with Crippen LogP contribution in [-0.4, -0.2) is 124 Å². The molecule has 0 spiro atoms.